The van der Waals surface area contributed by atoms with Crippen molar-refractivity contribution in [1.82, 2.24) is 10.7 Å². The van der Waals surface area contributed by atoms with Crippen LogP contribution in [0.15, 0.2) is 82.9 Å². The van der Waals surface area contributed by atoms with Crippen LogP contribution in [0, 0.1) is 0 Å². The van der Waals surface area contributed by atoms with Crippen molar-refractivity contribution in [1.29, 1.82) is 0 Å². The van der Waals surface area contributed by atoms with Crippen LogP contribution in [0.2, 0.25) is 0 Å². The molecule has 6 nitrogen and oxygen atoms in total. The predicted molar refractivity (Wildman–Crippen MR) is 115 cm³/mol. The van der Waals surface area contributed by atoms with Crippen LogP contribution in [-0.2, 0) is 4.79 Å². The Morgan fingerprint density at radius 2 is 1.86 bits per heavy atom. The molecule has 3 rings (SSSR count). The largest absolute Gasteiger partial charge is 0.497 e. The number of ether oxygens (including phenoxy) is 1. The minimum atomic E-state index is -0.526. The molecule has 2 N–H and O–H groups in total. The highest BCUT2D eigenvalue weighted by Gasteiger charge is 2.14. The summed E-state index contributed by atoms with van der Waals surface area (Å²) in [6.45, 7) is 0. The Morgan fingerprint density at radius 3 is 2.59 bits per heavy atom. The first-order valence-corrected chi connectivity index (χ1v) is 9.63. The molecule has 0 saturated heterocycles. The molecule has 0 saturated carbocycles. The lowest BCUT2D eigenvalue weighted by Crippen LogP contribution is -2.32. The lowest BCUT2D eigenvalue weighted by atomic mass is 10.2. The number of nitrogens with one attached hydrogen (secondary N) is 2. The minimum absolute atomic E-state index is 0.101. The second kappa shape index (κ2) is 10.0. The Bertz CT molecular complexity index is 1030. The molecule has 0 fully saturated rings. The highest BCUT2D eigenvalue weighted by molar-refractivity contribution is 7.10. The summed E-state index contributed by atoms with van der Waals surface area (Å²) < 4.78 is 5.16. The van der Waals surface area contributed by atoms with Crippen molar-refractivity contribution in [3.8, 4) is 5.75 Å². The average Bonchev–Trinajstić information content (AvgIpc) is 3.27. The normalized spacial score (nSPS) is 11.3. The van der Waals surface area contributed by atoms with Gasteiger partial charge in [-0.25, -0.2) is 5.43 Å². The second-order valence-electron chi connectivity index (χ2n) is 5.87. The van der Waals surface area contributed by atoms with Gasteiger partial charge in [-0.3, -0.25) is 9.59 Å². The van der Waals surface area contributed by atoms with E-state index in [4.69, 9.17) is 4.74 Å². The number of hydrazone groups is 1. The van der Waals surface area contributed by atoms with Crippen LogP contribution in [0.25, 0.3) is 6.08 Å². The SMILES string of the molecule is COc1cccc(/C=N\NC(=O)C(=Cc2cccs2)NC(=O)c2ccccc2)c1. The summed E-state index contributed by atoms with van der Waals surface area (Å²) >= 11 is 1.46. The molecule has 1 aromatic heterocycles. The fraction of sp³-hybridized carbons (Fsp3) is 0.0455. The Balaban J connectivity index is 1.74. The van der Waals surface area contributed by atoms with Crippen LogP contribution in [0.5, 0.6) is 5.75 Å². The second-order valence-corrected chi connectivity index (χ2v) is 6.85. The molecular weight excluding hydrogens is 386 g/mol. The van der Waals surface area contributed by atoms with Crippen molar-refractivity contribution < 1.29 is 14.3 Å². The van der Waals surface area contributed by atoms with Gasteiger partial charge in [-0.2, -0.15) is 5.10 Å². The molecule has 3 aromatic rings. The molecule has 0 unspecified atom stereocenters. The number of carbonyl (C=O) groups is 2. The Hall–Kier alpha value is -3.71. The number of hydrogen-bond acceptors (Lipinski definition) is 5. The van der Waals surface area contributed by atoms with Crippen molar-refractivity contribution in [3.05, 3.63) is 93.8 Å². The number of amides is 2. The lowest BCUT2D eigenvalue weighted by molar-refractivity contribution is -0.117. The number of thiophene rings is 1. The van der Waals surface area contributed by atoms with Crippen LogP contribution >= 0.6 is 11.3 Å². The topological polar surface area (TPSA) is 79.8 Å². The molecule has 29 heavy (non-hydrogen) atoms. The summed E-state index contributed by atoms with van der Waals surface area (Å²) in [5.41, 5.74) is 3.77. The van der Waals surface area contributed by atoms with E-state index in [9.17, 15) is 9.59 Å². The van der Waals surface area contributed by atoms with Gasteiger partial charge in [-0.15, -0.1) is 11.3 Å². The molecule has 0 radical (unpaired) electrons. The Morgan fingerprint density at radius 1 is 1.03 bits per heavy atom. The average molecular weight is 405 g/mol. The third kappa shape index (κ3) is 5.88. The van der Waals surface area contributed by atoms with Gasteiger partial charge in [-0.05, 0) is 47.4 Å². The Labute approximate surface area is 172 Å². The fourth-order valence-corrected chi connectivity index (χ4v) is 3.06. The zero-order chi connectivity index (χ0) is 20.5. The van der Waals surface area contributed by atoms with Crippen LogP contribution in [0.3, 0.4) is 0 Å². The minimum Gasteiger partial charge on any atom is -0.497 e. The monoisotopic (exact) mass is 405 g/mol. The van der Waals surface area contributed by atoms with Crippen LogP contribution in [0.4, 0.5) is 0 Å². The van der Waals surface area contributed by atoms with Crippen molar-refractivity contribution in [2.75, 3.05) is 7.11 Å². The summed E-state index contributed by atoms with van der Waals surface area (Å²) in [4.78, 5) is 25.9. The molecule has 146 valence electrons. The molecule has 0 bridgehead atoms. The van der Waals surface area contributed by atoms with Crippen LogP contribution in [-0.4, -0.2) is 25.1 Å². The smallest absolute Gasteiger partial charge is 0.287 e. The molecule has 0 spiro atoms. The summed E-state index contributed by atoms with van der Waals surface area (Å²) in [5, 5.41) is 8.53. The van der Waals surface area contributed by atoms with E-state index in [1.165, 1.54) is 17.6 Å². The maximum absolute atomic E-state index is 12.6. The summed E-state index contributed by atoms with van der Waals surface area (Å²) in [5.74, 6) is -0.212. The van der Waals surface area contributed by atoms with Gasteiger partial charge in [0.25, 0.3) is 11.8 Å². The number of benzene rings is 2. The molecule has 7 heteroatoms. The van der Waals surface area contributed by atoms with Gasteiger partial charge < -0.3 is 10.1 Å². The molecule has 0 aliphatic rings. The summed E-state index contributed by atoms with van der Waals surface area (Å²) in [6.07, 6.45) is 3.12. The third-order valence-corrected chi connectivity index (χ3v) is 4.65. The fourth-order valence-electron chi connectivity index (χ4n) is 2.41. The van der Waals surface area contributed by atoms with E-state index in [0.717, 1.165) is 10.4 Å². The van der Waals surface area contributed by atoms with Gasteiger partial charge in [0.05, 0.1) is 13.3 Å². The number of carbonyl (C=O) groups excluding carboxylic acids is 2. The van der Waals surface area contributed by atoms with Crippen molar-refractivity contribution >= 4 is 35.4 Å². The van der Waals surface area contributed by atoms with Crippen molar-refractivity contribution in [3.63, 3.8) is 0 Å². The van der Waals surface area contributed by atoms with E-state index in [2.05, 4.69) is 15.8 Å². The van der Waals surface area contributed by atoms with E-state index in [0.29, 0.717) is 11.3 Å². The van der Waals surface area contributed by atoms with Gasteiger partial charge in [0, 0.05) is 10.4 Å². The highest BCUT2D eigenvalue weighted by atomic mass is 32.1. The van der Waals surface area contributed by atoms with Crippen molar-refractivity contribution in [2.45, 2.75) is 0 Å². The van der Waals surface area contributed by atoms with Crippen LogP contribution in [0.1, 0.15) is 20.8 Å². The first-order chi connectivity index (χ1) is 14.2. The van der Waals surface area contributed by atoms with Gasteiger partial charge in [-0.1, -0.05) is 36.4 Å². The molecule has 1 heterocycles. The van der Waals surface area contributed by atoms with E-state index >= 15 is 0 Å². The standard InChI is InChI=1S/C22H19N3O3S/c1-28-18-10-5-7-16(13-18)15-23-25-22(27)20(14-19-11-6-12-29-19)24-21(26)17-8-3-2-4-9-17/h2-15H,1H3,(H,24,26)(H,25,27)/b20-14?,23-15-. The van der Waals surface area contributed by atoms with E-state index in [-0.39, 0.29) is 11.6 Å². The zero-order valence-electron chi connectivity index (χ0n) is 15.7. The van der Waals surface area contributed by atoms with Gasteiger partial charge in [0.15, 0.2) is 0 Å². The predicted octanol–water partition coefficient (Wildman–Crippen LogP) is 3.68. The number of nitrogens with zero attached hydrogens (tertiary/aromatic N) is 1. The first-order valence-electron chi connectivity index (χ1n) is 8.75. The number of hydrogen-bond donors (Lipinski definition) is 2. The molecule has 0 aliphatic heterocycles. The van der Waals surface area contributed by atoms with Crippen molar-refractivity contribution in [2.24, 2.45) is 5.10 Å². The highest BCUT2D eigenvalue weighted by Crippen LogP contribution is 2.13. The quantitative estimate of drug-likeness (QED) is 0.358. The van der Waals surface area contributed by atoms with Gasteiger partial charge in [0.1, 0.15) is 11.4 Å². The van der Waals surface area contributed by atoms with Gasteiger partial charge >= 0.3 is 0 Å². The summed E-state index contributed by atoms with van der Waals surface area (Å²) in [7, 11) is 1.58. The maximum atomic E-state index is 12.6. The molecular formula is C22H19N3O3S. The van der Waals surface area contributed by atoms with E-state index in [1.807, 2.05) is 41.8 Å². The third-order valence-electron chi connectivity index (χ3n) is 3.83. The first kappa shape index (κ1) is 20.0. The van der Waals surface area contributed by atoms with Crippen LogP contribution < -0.4 is 15.5 Å². The number of methoxy groups -OCH3 is 1. The summed E-state index contributed by atoms with van der Waals surface area (Å²) in [6, 6.07) is 19.7. The van der Waals surface area contributed by atoms with E-state index < -0.39 is 5.91 Å². The Kier molecular flexibility index (Phi) is 6.91. The lowest BCUT2D eigenvalue weighted by Gasteiger charge is -2.08. The number of rotatable bonds is 7. The molecule has 2 aromatic carbocycles. The molecule has 2 amide bonds. The zero-order valence-corrected chi connectivity index (χ0v) is 16.5. The van der Waals surface area contributed by atoms with E-state index in [1.54, 1.807) is 43.5 Å². The maximum Gasteiger partial charge on any atom is 0.287 e. The molecule has 0 aliphatic carbocycles. The van der Waals surface area contributed by atoms with Gasteiger partial charge in [0.2, 0.25) is 0 Å². The molecule has 0 atom stereocenters.